The van der Waals surface area contributed by atoms with Crippen molar-refractivity contribution in [3.05, 3.63) is 66.2 Å². The van der Waals surface area contributed by atoms with Crippen molar-refractivity contribution < 1.29 is 8.42 Å². The molecular formula is C16H18NO2S. The predicted octanol–water partition coefficient (Wildman–Crippen LogP) is 2.79. The standard InChI is InChI=1S/C16H18NO2S/c1-14(12-13-15-8-4-2-5-9-15)17-20(18,19)16-10-6-3-7-11-16/h2,4-11,14,17H,12-13H2,1H3. The van der Waals surface area contributed by atoms with Crippen molar-refractivity contribution in [2.75, 3.05) is 0 Å². The molecule has 0 aliphatic carbocycles. The van der Waals surface area contributed by atoms with E-state index in [1.807, 2.05) is 37.3 Å². The molecule has 20 heavy (non-hydrogen) atoms. The summed E-state index contributed by atoms with van der Waals surface area (Å²) in [5, 5.41) is 0. The number of nitrogens with one attached hydrogen (secondary N) is 1. The van der Waals surface area contributed by atoms with Gasteiger partial charge in [0.15, 0.2) is 0 Å². The minimum atomic E-state index is -3.43. The van der Waals surface area contributed by atoms with E-state index in [0.29, 0.717) is 0 Å². The zero-order valence-electron chi connectivity index (χ0n) is 11.4. The first kappa shape index (κ1) is 14.8. The van der Waals surface area contributed by atoms with E-state index in [1.165, 1.54) is 5.56 Å². The summed E-state index contributed by atoms with van der Waals surface area (Å²) in [5.74, 6) is 0. The molecule has 2 rings (SSSR count). The highest BCUT2D eigenvalue weighted by molar-refractivity contribution is 7.89. The Morgan fingerprint density at radius 1 is 1.10 bits per heavy atom. The highest BCUT2D eigenvalue weighted by atomic mass is 32.2. The average Bonchev–Trinajstić information content (AvgIpc) is 2.47. The van der Waals surface area contributed by atoms with Crippen LogP contribution in [0.15, 0.2) is 59.5 Å². The van der Waals surface area contributed by atoms with Crippen LogP contribution in [0.1, 0.15) is 18.9 Å². The highest BCUT2D eigenvalue weighted by Gasteiger charge is 2.16. The summed E-state index contributed by atoms with van der Waals surface area (Å²) in [7, 11) is -3.43. The molecule has 4 heteroatoms. The van der Waals surface area contributed by atoms with Crippen LogP contribution in [0.4, 0.5) is 0 Å². The van der Waals surface area contributed by atoms with Gasteiger partial charge < -0.3 is 0 Å². The second-order valence-electron chi connectivity index (χ2n) is 4.78. The lowest BCUT2D eigenvalue weighted by molar-refractivity contribution is 0.547. The Labute approximate surface area is 120 Å². The van der Waals surface area contributed by atoms with Gasteiger partial charge in [-0.05, 0) is 43.5 Å². The molecule has 1 radical (unpaired) electrons. The molecule has 2 aromatic rings. The molecule has 0 fully saturated rings. The lowest BCUT2D eigenvalue weighted by Crippen LogP contribution is -2.32. The van der Waals surface area contributed by atoms with Gasteiger partial charge in [-0.2, -0.15) is 0 Å². The summed E-state index contributed by atoms with van der Waals surface area (Å²) in [6.07, 6.45) is 1.62. The van der Waals surface area contributed by atoms with Gasteiger partial charge in [0.25, 0.3) is 0 Å². The maximum Gasteiger partial charge on any atom is 0.240 e. The van der Waals surface area contributed by atoms with Crippen molar-refractivity contribution in [2.45, 2.75) is 30.7 Å². The molecule has 0 amide bonds. The van der Waals surface area contributed by atoms with Crippen molar-refractivity contribution in [1.82, 2.24) is 4.72 Å². The number of hydrogen-bond donors (Lipinski definition) is 1. The van der Waals surface area contributed by atoms with Crippen molar-refractivity contribution in [3.63, 3.8) is 0 Å². The van der Waals surface area contributed by atoms with Gasteiger partial charge in [-0.1, -0.05) is 42.5 Å². The van der Waals surface area contributed by atoms with Crippen LogP contribution in [0, 0.1) is 6.07 Å². The van der Waals surface area contributed by atoms with Crippen molar-refractivity contribution in [1.29, 1.82) is 0 Å². The Bertz CT molecular complexity index is 624. The lowest BCUT2D eigenvalue weighted by atomic mass is 10.1. The fraction of sp³-hybridized carbons (Fsp3) is 0.250. The Balaban J connectivity index is 1.93. The van der Waals surface area contributed by atoms with E-state index >= 15 is 0 Å². The number of rotatable bonds is 6. The van der Waals surface area contributed by atoms with E-state index in [0.717, 1.165) is 12.8 Å². The fourth-order valence-electron chi connectivity index (χ4n) is 1.97. The normalized spacial score (nSPS) is 13.1. The third-order valence-electron chi connectivity index (χ3n) is 3.06. The van der Waals surface area contributed by atoms with Gasteiger partial charge in [0.05, 0.1) is 4.90 Å². The first-order valence-corrected chi connectivity index (χ1v) is 8.08. The van der Waals surface area contributed by atoms with Crippen LogP contribution < -0.4 is 4.72 Å². The molecule has 0 spiro atoms. The zero-order chi connectivity index (χ0) is 14.4. The maximum atomic E-state index is 12.1. The summed E-state index contributed by atoms with van der Waals surface area (Å²) in [6, 6.07) is 19.1. The van der Waals surface area contributed by atoms with Gasteiger partial charge in [0.2, 0.25) is 10.0 Å². The van der Waals surface area contributed by atoms with E-state index < -0.39 is 10.0 Å². The molecule has 0 saturated heterocycles. The summed E-state index contributed by atoms with van der Waals surface area (Å²) >= 11 is 0. The molecule has 3 nitrogen and oxygen atoms in total. The molecule has 0 aromatic heterocycles. The van der Waals surface area contributed by atoms with Gasteiger partial charge in [-0.15, -0.1) is 0 Å². The molecule has 1 N–H and O–H groups in total. The van der Waals surface area contributed by atoms with Crippen molar-refractivity contribution >= 4 is 10.0 Å². The minimum absolute atomic E-state index is 0.107. The van der Waals surface area contributed by atoms with Crippen LogP contribution in [-0.2, 0) is 16.4 Å². The monoisotopic (exact) mass is 288 g/mol. The molecule has 0 aliphatic rings. The SMILES string of the molecule is CC(CCc1ccccc1)NS(=O)(=O)c1cc[c]cc1. The topological polar surface area (TPSA) is 46.2 Å². The second kappa shape index (κ2) is 6.68. The number of sulfonamides is 1. The van der Waals surface area contributed by atoms with E-state index in [1.54, 1.807) is 24.3 Å². The lowest BCUT2D eigenvalue weighted by Gasteiger charge is -2.14. The molecule has 0 heterocycles. The van der Waals surface area contributed by atoms with E-state index in [9.17, 15) is 8.42 Å². The molecule has 0 aliphatic heterocycles. The van der Waals surface area contributed by atoms with Crippen molar-refractivity contribution in [3.8, 4) is 0 Å². The van der Waals surface area contributed by atoms with E-state index in [2.05, 4.69) is 10.8 Å². The Morgan fingerprint density at radius 3 is 2.40 bits per heavy atom. The van der Waals surface area contributed by atoms with Gasteiger partial charge in [0.1, 0.15) is 0 Å². The molecule has 105 valence electrons. The summed E-state index contributed by atoms with van der Waals surface area (Å²) in [4.78, 5) is 0.280. The number of hydrogen-bond acceptors (Lipinski definition) is 2. The van der Waals surface area contributed by atoms with E-state index in [4.69, 9.17) is 0 Å². The first-order chi connectivity index (χ1) is 9.58. The third-order valence-corrected chi connectivity index (χ3v) is 4.67. The predicted molar refractivity (Wildman–Crippen MR) is 79.8 cm³/mol. The largest absolute Gasteiger partial charge is 0.240 e. The molecule has 0 saturated carbocycles. The van der Waals surface area contributed by atoms with Gasteiger partial charge >= 0.3 is 0 Å². The Kier molecular flexibility index (Phi) is 4.93. The molecular weight excluding hydrogens is 270 g/mol. The van der Waals surface area contributed by atoms with Crippen LogP contribution in [0.25, 0.3) is 0 Å². The average molecular weight is 288 g/mol. The van der Waals surface area contributed by atoms with Crippen LogP contribution in [-0.4, -0.2) is 14.5 Å². The molecule has 1 atom stereocenters. The molecule has 2 aromatic carbocycles. The van der Waals surface area contributed by atoms with Crippen LogP contribution in [0.2, 0.25) is 0 Å². The summed E-state index contributed by atoms with van der Waals surface area (Å²) in [5.41, 5.74) is 1.22. The van der Waals surface area contributed by atoms with Crippen molar-refractivity contribution in [2.24, 2.45) is 0 Å². The zero-order valence-corrected chi connectivity index (χ0v) is 12.2. The van der Waals surface area contributed by atoms with Crippen LogP contribution in [0.3, 0.4) is 0 Å². The summed E-state index contributed by atoms with van der Waals surface area (Å²) in [6.45, 7) is 1.88. The van der Waals surface area contributed by atoms with Gasteiger partial charge in [-0.3, -0.25) is 0 Å². The summed E-state index contributed by atoms with van der Waals surface area (Å²) < 4.78 is 27.0. The first-order valence-electron chi connectivity index (χ1n) is 6.60. The van der Waals surface area contributed by atoms with Crippen LogP contribution >= 0.6 is 0 Å². The van der Waals surface area contributed by atoms with E-state index in [-0.39, 0.29) is 10.9 Å². The molecule has 0 bridgehead atoms. The number of aryl methyl sites for hydroxylation is 1. The number of benzene rings is 2. The second-order valence-corrected chi connectivity index (χ2v) is 6.50. The molecule has 1 unspecified atom stereocenters. The minimum Gasteiger partial charge on any atom is -0.208 e. The Hall–Kier alpha value is -1.65. The third kappa shape index (κ3) is 4.18. The van der Waals surface area contributed by atoms with Crippen LogP contribution in [0.5, 0.6) is 0 Å². The van der Waals surface area contributed by atoms with Gasteiger partial charge in [0, 0.05) is 6.04 Å². The smallest absolute Gasteiger partial charge is 0.208 e. The highest BCUT2D eigenvalue weighted by Crippen LogP contribution is 2.10. The fourth-order valence-corrected chi connectivity index (χ4v) is 3.25. The van der Waals surface area contributed by atoms with Gasteiger partial charge in [-0.25, -0.2) is 13.1 Å². The quantitative estimate of drug-likeness (QED) is 0.888. The Morgan fingerprint density at radius 2 is 1.75 bits per heavy atom. The maximum absolute atomic E-state index is 12.1.